The van der Waals surface area contributed by atoms with Gasteiger partial charge in [0.05, 0.1) is 28.8 Å². The number of nitrogens with one attached hydrogen (secondary N) is 2. The zero-order chi connectivity index (χ0) is 40.0. The number of anilines is 1. The van der Waals surface area contributed by atoms with Gasteiger partial charge in [0.1, 0.15) is 17.4 Å². The summed E-state index contributed by atoms with van der Waals surface area (Å²) in [5, 5.41) is 20.0. The van der Waals surface area contributed by atoms with Crippen molar-refractivity contribution < 1.29 is 32.7 Å². The van der Waals surface area contributed by atoms with E-state index in [1.807, 2.05) is 29.1 Å². The molecule has 3 fully saturated rings. The van der Waals surface area contributed by atoms with E-state index in [1.165, 1.54) is 4.57 Å². The van der Waals surface area contributed by atoms with Crippen LogP contribution in [0.25, 0.3) is 21.9 Å². The fourth-order valence-corrected chi connectivity index (χ4v) is 8.49. The lowest BCUT2D eigenvalue weighted by Gasteiger charge is -2.35. The molecule has 8 rings (SSSR count). The number of hydrogen-bond acceptors (Lipinski definition) is 9. The Bertz CT molecular complexity index is 2430. The minimum absolute atomic E-state index is 0.116. The molecular weight excluding hydrogens is 743 g/mol. The molecule has 0 spiro atoms. The topological polar surface area (TPSA) is 160 Å². The van der Waals surface area contributed by atoms with Gasteiger partial charge in [0.2, 0.25) is 17.6 Å². The molecule has 3 N–H and O–H groups in total. The number of imide groups is 1. The van der Waals surface area contributed by atoms with Gasteiger partial charge in [0.15, 0.2) is 17.4 Å². The number of phenolic OH excluding ortho intramolecular Hbond substituents is 1. The molecule has 3 aliphatic rings. The van der Waals surface area contributed by atoms with Gasteiger partial charge >= 0.3 is 5.69 Å². The van der Waals surface area contributed by atoms with Crippen LogP contribution in [-0.4, -0.2) is 90.9 Å². The highest BCUT2D eigenvalue weighted by atomic mass is 19.2. The summed E-state index contributed by atoms with van der Waals surface area (Å²) in [6.07, 6.45) is 9.39. The van der Waals surface area contributed by atoms with Gasteiger partial charge in [0.25, 0.3) is 5.91 Å². The van der Waals surface area contributed by atoms with Gasteiger partial charge in [-0.25, -0.2) is 18.6 Å². The SMILES string of the molecule is Cn1c(=O)n(C2CCC(=O)NC2=O)c2ccc(CCCN3CCN(c4cc5cn(C6CCC(CNC(=O)c7cc(F)c(O)c(F)c7F)CC6)nc5cn4)CC3)cc21. The highest BCUT2D eigenvalue weighted by Gasteiger charge is 2.32. The van der Waals surface area contributed by atoms with Gasteiger partial charge in [-0.2, -0.15) is 9.49 Å². The largest absolute Gasteiger partial charge is 0.503 e. The highest BCUT2D eigenvalue weighted by molar-refractivity contribution is 6.00. The van der Waals surface area contributed by atoms with Crippen molar-refractivity contribution in [2.24, 2.45) is 13.0 Å². The molecule has 300 valence electrons. The van der Waals surface area contributed by atoms with E-state index in [0.29, 0.717) is 18.0 Å². The number of carbonyl (C=O) groups is 3. The third-order valence-corrected chi connectivity index (χ3v) is 11.8. The molecule has 3 amide bonds. The number of aryl methyl sites for hydroxylation is 2. The molecule has 1 atom stereocenters. The van der Waals surface area contributed by atoms with E-state index in [9.17, 15) is 37.5 Å². The number of rotatable bonds is 10. The molecule has 3 aromatic heterocycles. The fourth-order valence-electron chi connectivity index (χ4n) is 8.49. The number of carbonyl (C=O) groups excluding carboxylic acids is 3. The van der Waals surface area contributed by atoms with Crippen LogP contribution in [-0.2, 0) is 23.1 Å². The summed E-state index contributed by atoms with van der Waals surface area (Å²) >= 11 is 0. The Hall–Kier alpha value is -5.71. The molecule has 2 saturated heterocycles. The standard InChI is InChI=1S/C40H44F3N9O5/c1-48-32-17-23(6-9-30(32)52(40(48)57)31-10-11-34(53)46-39(31)56)3-2-12-49-13-15-50(16-14-49)33-18-25-22-51(47-29(25)21-44-33)26-7-4-24(5-8-26)20-45-38(55)27-19-28(41)37(54)36(43)35(27)42/h6,9,17-19,21-22,24,26,31,54H,2-5,7-8,10-16,20H2,1H3,(H,45,55)(H,46,53,56). The summed E-state index contributed by atoms with van der Waals surface area (Å²) in [6, 6.07) is 7.99. The van der Waals surface area contributed by atoms with Crippen LogP contribution in [0.5, 0.6) is 5.75 Å². The van der Waals surface area contributed by atoms with Crippen LogP contribution in [0, 0.1) is 23.4 Å². The summed E-state index contributed by atoms with van der Waals surface area (Å²) < 4.78 is 46.6. The third kappa shape index (κ3) is 7.59. The predicted octanol–water partition coefficient (Wildman–Crippen LogP) is 4.10. The van der Waals surface area contributed by atoms with Crippen molar-refractivity contribution in [1.29, 1.82) is 0 Å². The average molecular weight is 788 g/mol. The molecule has 0 radical (unpaired) electrons. The van der Waals surface area contributed by atoms with Crippen LogP contribution in [0.4, 0.5) is 19.0 Å². The van der Waals surface area contributed by atoms with Gasteiger partial charge in [-0.05, 0) is 87.2 Å². The second-order valence-electron chi connectivity index (χ2n) is 15.4. The monoisotopic (exact) mass is 787 g/mol. The summed E-state index contributed by atoms with van der Waals surface area (Å²) in [5.74, 6) is -6.87. The molecule has 2 aliphatic heterocycles. The lowest BCUT2D eigenvalue weighted by atomic mass is 9.86. The van der Waals surface area contributed by atoms with E-state index >= 15 is 0 Å². The number of fused-ring (bicyclic) bond motifs is 2. The first kappa shape index (κ1) is 38.2. The van der Waals surface area contributed by atoms with Crippen LogP contribution in [0.1, 0.15) is 73.0 Å². The van der Waals surface area contributed by atoms with E-state index in [0.717, 1.165) is 99.0 Å². The average Bonchev–Trinajstić information content (AvgIpc) is 3.75. The molecule has 2 aromatic carbocycles. The predicted molar refractivity (Wildman–Crippen MR) is 204 cm³/mol. The number of phenols is 1. The first-order valence-electron chi connectivity index (χ1n) is 19.5. The van der Waals surface area contributed by atoms with Crippen molar-refractivity contribution in [3.8, 4) is 5.75 Å². The Balaban J connectivity index is 0.800. The molecule has 5 heterocycles. The number of aromatic hydroxyl groups is 1. The summed E-state index contributed by atoms with van der Waals surface area (Å²) in [4.78, 5) is 59.2. The van der Waals surface area contributed by atoms with Crippen molar-refractivity contribution in [2.75, 3.05) is 44.2 Å². The number of halogens is 3. The van der Waals surface area contributed by atoms with Gasteiger partial charge in [-0.1, -0.05) is 6.07 Å². The Labute approximate surface area is 325 Å². The Kier molecular flexibility index (Phi) is 10.5. The second kappa shape index (κ2) is 15.7. The van der Waals surface area contributed by atoms with Crippen LogP contribution in [0.3, 0.4) is 0 Å². The number of amides is 3. The van der Waals surface area contributed by atoms with Crippen LogP contribution >= 0.6 is 0 Å². The van der Waals surface area contributed by atoms with Crippen LogP contribution < -0.4 is 21.2 Å². The second-order valence-corrected chi connectivity index (χ2v) is 15.4. The fraction of sp³-hybridized carbons (Fsp3) is 0.450. The minimum Gasteiger partial charge on any atom is -0.503 e. The Morgan fingerprint density at radius 2 is 1.74 bits per heavy atom. The molecule has 17 heteroatoms. The summed E-state index contributed by atoms with van der Waals surface area (Å²) in [7, 11) is 1.71. The maximum Gasteiger partial charge on any atom is 0.329 e. The van der Waals surface area contributed by atoms with Gasteiger partial charge in [-0.15, -0.1) is 0 Å². The highest BCUT2D eigenvalue weighted by Crippen LogP contribution is 2.33. The molecule has 0 bridgehead atoms. The van der Waals surface area contributed by atoms with E-state index in [2.05, 4.69) is 32.7 Å². The number of benzene rings is 2. The van der Waals surface area contributed by atoms with E-state index in [-0.39, 0.29) is 36.5 Å². The Morgan fingerprint density at radius 1 is 0.965 bits per heavy atom. The van der Waals surface area contributed by atoms with Crippen molar-refractivity contribution in [3.05, 3.63) is 81.8 Å². The van der Waals surface area contributed by atoms with Crippen molar-refractivity contribution in [2.45, 2.75) is 63.5 Å². The normalized spacial score (nSPS) is 20.7. The van der Waals surface area contributed by atoms with Crippen LogP contribution in [0.2, 0.25) is 0 Å². The number of aromatic nitrogens is 5. The summed E-state index contributed by atoms with van der Waals surface area (Å²) in [5.41, 5.74) is 2.34. The maximum absolute atomic E-state index is 14.1. The lowest BCUT2D eigenvalue weighted by molar-refractivity contribution is -0.135. The van der Waals surface area contributed by atoms with Crippen LogP contribution in [0.15, 0.2) is 47.5 Å². The van der Waals surface area contributed by atoms with E-state index < -0.39 is 46.6 Å². The lowest BCUT2D eigenvalue weighted by Crippen LogP contribution is -2.47. The van der Waals surface area contributed by atoms with Crippen molar-refractivity contribution in [1.82, 2.24) is 39.4 Å². The minimum atomic E-state index is -1.78. The number of nitrogens with zero attached hydrogens (tertiary/aromatic N) is 7. The molecule has 1 saturated carbocycles. The molecular formula is C40H44F3N9O5. The smallest absolute Gasteiger partial charge is 0.329 e. The van der Waals surface area contributed by atoms with Gasteiger partial charge < -0.3 is 15.3 Å². The molecule has 57 heavy (non-hydrogen) atoms. The Morgan fingerprint density at radius 3 is 2.49 bits per heavy atom. The number of pyridine rings is 1. The molecule has 1 unspecified atom stereocenters. The molecule has 1 aliphatic carbocycles. The number of hydrogen-bond donors (Lipinski definition) is 3. The van der Waals surface area contributed by atoms with Crippen molar-refractivity contribution >= 4 is 45.5 Å². The van der Waals surface area contributed by atoms with E-state index in [4.69, 9.17) is 10.1 Å². The number of imidazole rings is 1. The summed E-state index contributed by atoms with van der Waals surface area (Å²) in [6.45, 7) is 4.68. The first-order valence-corrected chi connectivity index (χ1v) is 19.5. The number of piperidine rings is 1. The zero-order valence-corrected chi connectivity index (χ0v) is 31.5. The van der Waals surface area contributed by atoms with E-state index in [1.54, 1.807) is 11.6 Å². The van der Waals surface area contributed by atoms with Crippen molar-refractivity contribution in [3.63, 3.8) is 0 Å². The number of piperazine rings is 1. The zero-order valence-electron chi connectivity index (χ0n) is 31.5. The third-order valence-electron chi connectivity index (χ3n) is 11.8. The molecule has 5 aromatic rings. The maximum atomic E-state index is 14.1. The quantitative estimate of drug-likeness (QED) is 0.140. The first-order chi connectivity index (χ1) is 27.4. The van der Waals surface area contributed by atoms with Gasteiger partial charge in [-0.3, -0.25) is 38.4 Å². The molecule has 14 nitrogen and oxygen atoms in total. The van der Waals surface area contributed by atoms with Gasteiger partial charge in [0, 0.05) is 57.8 Å².